The molecule has 1 fully saturated rings. The van der Waals surface area contributed by atoms with E-state index < -0.39 is 6.08 Å². The second-order valence-electron chi connectivity index (χ2n) is 3.75. The van der Waals surface area contributed by atoms with E-state index in [1.807, 2.05) is 0 Å². The van der Waals surface area contributed by atoms with Crippen LogP contribution in [0.3, 0.4) is 0 Å². The predicted octanol–water partition coefficient (Wildman–Crippen LogP) is 1.47. The first-order valence-electron chi connectivity index (χ1n) is 4.91. The lowest BCUT2D eigenvalue weighted by Crippen LogP contribution is -2.27. The summed E-state index contributed by atoms with van der Waals surface area (Å²) >= 11 is 0. The zero-order valence-corrected chi connectivity index (χ0v) is 8.51. The van der Waals surface area contributed by atoms with Gasteiger partial charge in [0.15, 0.2) is 0 Å². The zero-order valence-electron chi connectivity index (χ0n) is 8.51. The molecular weight excluding hydrogens is 216 g/mol. The molecule has 0 N–H and O–H groups in total. The van der Waals surface area contributed by atoms with Gasteiger partial charge in [-0.05, 0) is 6.08 Å². The summed E-state index contributed by atoms with van der Waals surface area (Å²) in [5.74, 6) is -0.475. The van der Waals surface area contributed by atoms with Crippen LogP contribution in [0.5, 0.6) is 0 Å². The Balaban J connectivity index is 1.97. The van der Waals surface area contributed by atoms with E-state index in [0.717, 1.165) is 6.08 Å². The number of carbonyl (C=O) groups excluding carboxylic acids is 1. The Morgan fingerprint density at radius 1 is 1.62 bits per heavy atom. The lowest BCUT2D eigenvalue weighted by Gasteiger charge is -2.16. The van der Waals surface area contributed by atoms with E-state index in [2.05, 4.69) is 4.98 Å². The summed E-state index contributed by atoms with van der Waals surface area (Å²) < 4.78 is 25.8. The topological polar surface area (TPSA) is 38.1 Å². The molecule has 0 aromatic carbocycles. The van der Waals surface area contributed by atoms with Gasteiger partial charge in [-0.25, -0.2) is 4.98 Å². The van der Waals surface area contributed by atoms with Gasteiger partial charge in [-0.2, -0.15) is 8.78 Å². The fraction of sp³-hybridized carbons (Fsp3) is 0.400. The van der Waals surface area contributed by atoms with Crippen LogP contribution in [-0.2, 0) is 11.5 Å². The lowest BCUT2D eigenvalue weighted by molar-refractivity contribution is -0.129. The van der Waals surface area contributed by atoms with E-state index in [0.29, 0.717) is 13.2 Å². The molecule has 0 aliphatic carbocycles. The largest absolute Gasteiger partial charge is 0.324 e. The highest BCUT2D eigenvalue weighted by atomic mass is 19.3. The van der Waals surface area contributed by atoms with Crippen molar-refractivity contribution in [2.75, 3.05) is 6.54 Å². The van der Waals surface area contributed by atoms with E-state index in [4.69, 9.17) is 0 Å². The van der Waals surface area contributed by atoms with Crippen molar-refractivity contribution in [2.24, 2.45) is 5.92 Å². The van der Waals surface area contributed by atoms with Crippen LogP contribution in [0.1, 0.15) is 6.42 Å². The molecule has 4 nitrogen and oxygen atoms in total. The van der Waals surface area contributed by atoms with Crippen molar-refractivity contribution in [3.8, 4) is 0 Å². The van der Waals surface area contributed by atoms with Crippen molar-refractivity contribution >= 4 is 5.91 Å². The minimum atomic E-state index is -1.72. The lowest BCUT2D eigenvalue weighted by atomic mass is 10.1. The number of rotatable bonds is 3. The fourth-order valence-corrected chi connectivity index (χ4v) is 1.80. The Morgan fingerprint density at radius 3 is 3.06 bits per heavy atom. The Kier molecular flexibility index (Phi) is 2.98. The SMILES string of the molecule is O=C1CC(C=C(F)F)CN1Cn1ccnc1. The highest BCUT2D eigenvalue weighted by molar-refractivity contribution is 5.78. The third-order valence-corrected chi connectivity index (χ3v) is 2.50. The maximum absolute atomic E-state index is 12.0. The van der Waals surface area contributed by atoms with E-state index in [1.54, 1.807) is 28.2 Å². The van der Waals surface area contributed by atoms with Crippen molar-refractivity contribution < 1.29 is 13.6 Å². The standard InChI is InChI=1S/C10H11F2N3O/c11-9(12)3-8-4-10(16)15(5-8)7-14-2-1-13-6-14/h1-3,6,8H,4-5,7H2. The van der Waals surface area contributed by atoms with Gasteiger partial charge in [0.05, 0.1) is 13.0 Å². The molecule has 1 atom stereocenters. The van der Waals surface area contributed by atoms with Crippen LogP contribution in [0.15, 0.2) is 30.9 Å². The minimum absolute atomic E-state index is 0.101. The number of amides is 1. The molecule has 16 heavy (non-hydrogen) atoms. The van der Waals surface area contributed by atoms with Gasteiger partial charge in [0.1, 0.15) is 0 Å². The molecule has 0 radical (unpaired) electrons. The van der Waals surface area contributed by atoms with Crippen LogP contribution in [0, 0.1) is 5.92 Å². The minimum Gasteiger partial charge on any atom is -0.324 e. The van der Waals surface area contributed by atoms with Gasteiger partial charge >= 0.3 is 0 Å². The summed E-state index contributed by atoms with van der Waals surface area (Å²) in [7, 11) is 0. The number of carbonyl (C=O) groups is 1. The first kappa shape index (κ1) is 10.8. The number of imidazole rings is 1. The molecule has 1 amide bonds. The Morgan fingerprint density at radius 2 is 2.44 bits per heavy atom. The molecule has 1 saturated heterocycles. The van der Waals surface area contributed by atoms with Gasteiger partial charge in [-0.1, -0.05) is 0 Å². The van der Waals surface area contributed by atoms with Crippen molar-refractivity contribution in [3.05, 3.63) is 30.9 Å². The summed E-state index contributed by atoms with van der Waals surface area (Å²) in [5.41, 5.74) is 0. The molecule has 1 aromatic heterocycles. The quantitative estimate of drug-likeness (QED) is 0.784. The second kappa shape index (κ2) is 4.42. The Labute approximate surface area is 91.2 Å². The number of nitrogens with zero attached hydrogens (tertiary/aromatic N) is 3. The number of hydrogen-bond acceptors (Lipinski definition) is 2. The normalized spacial score (nSPS) is 20.2. The summed E-state index contributed by atoms with van der Waals surface area (Å²) in [6, 6.07) is 0. The molecular formula is C10H11F2N3O. The highest BCUT2D eigenvalue weighted by Crippen LogP contribution is 2.21. The number of likely N-dealkylation sites (tertiary alicyclic amines) is 1. The van der Waals surface area contributed by atoms with Gasteiger partial charge in [-0.15, -0.1) is 0 Å². The van der Waals surface area contributed by atoms with Gasteiger partial charge in [0.2, 0.25) is 5.91 Å². The first-order chi connectivity index (χ1) is 7.65. The van der Waals surface area contributed by atoms with Crippen LogP contribution in [0.4, 0.5) is 8.78 Å². The number of hydrogen-bond donors (Lipinski definition) is 0. The zero-order chi connectivity index (χ0) is 11.5. The molecule has 1 aromatic rings. The van der Waals surface area contributed by atoms with Crippen LogP contribution in [0.2, 0.25) is 0 Å². The average molecular weight is 227 g/mol. The molecule has 86 valence electrons. The number of aromatic nitrogens is 2. The molecule has 1 aliphatic heterocycles. The number of halogens is 2. The summed E-state index contributed by atoms with van der Waals surface area (Å²) in [4.78, 5) is 16.9. The average Bonchev–Trinajstić information content (AvgIpc) is 2.77. The smallest absolute Gasteiger partial charge is 0.266 e. The van der Waals surface area contributed by atoms with E-state index >= 15 is 0 Å². The molecule has 0 saturated carbocycles. The van der Waals surface area contributed by atoms with Crippen molar-refractivity contribution in [1.29, 1.82) is 0 Å². The molecule has 1 unspecified atom stereocenters. The van der Waals surface area contributed by atoms with Crippen molar-refractivity contribution in [2.45, 2.75) is 13.1 Å². The van der Waals surface area contributed by atoms with Crippen molar-refractivity contribution in [3.63, 3.8) is 0 Å². The van der Waals surface area contributed by atoms with Gasteiger partial charge in [0.25, 0.3) is 6.08 Å². The third kappa shape index (κ3) is 2.44. The van der Waals surface area contributed by atoms with Crippen LogP contribution in [0.25, 0.3) is 0 Å². The predicted molar refractivity (Wildman–Crippen MR) is 52.3 cm³/mol. The molecule has 2 heterocycles. The summed E-state index contributed by atoms with van der Waals surface area (Å²) in [6.07, 6.45) is 4.22. The van der Waals surface area contributed by atoms with E-state index in [9.17, 15) is 13.6 Å². The molecule has 1 aliphatic rings. The van der Waals surface area contributed by atoms with Crippen LogP contribution >= 0.6 is 0 Å². The summed E-state index contributed by atoms with van der Waals surface area (Å²) in [5, 5.41) is 0. The molecule has 6 heteroatoms. The Bertz CT molecular complexity index is 398. The molecule has 0 spiro atoms. The molecule has 2 rings (SSSR count). The highest BCUT2D eigenvalue weighted by Gasteiger charge is 2.28. The first-order valence-corrected chi connectivity index (χ1v) is 4.91. The van der Waals surface area contributed by atoms with E-state index in [1.165, 1.54) is 0 Å². The maximum Gasteiger partial charge on any atom is 0.266 e. The Hall–Kier alpha value is -1.72. The third-order valence-electron chi connectivity index (χ3n) is 2.50. The summed E-state index contributed by atoms with van der Waals surface area (Å²) in [6.45, 7) is 0.714. The fourth-order valence-electron chi connectivity index (χ4n) is 1.80. The van der Waals surface area contributed by atoms with E-state index in [-0.39, 0.29) is 18.2 Å². The van der Waals surface area contributed by atoms with Crippen LogP contribution in [-0.4, -0.2) is 26.9 Å². The van der Waals surface area contributed by atoms with Gasteiger partial charge in [0, 0.05) is 31.3 Å². The monoisotopic (exact) mass is 227 g/mol. The van der Waals surface area contributed by atoms with Gasteiger partial charge < -0.3 is 9.47 Å². The van der Waals surface area contributed by atoms with Crippen LogP contribution < -0.4 is 0 Å². The maximum atomic E-state index is 12.0. The van der Waals surface area contributed by atoms with Crippen molar-refractivity contribution in [1.82, 2.24) is 14.5 Å². The van der Waals surface area contributed by atoms with Gasteiger partial charge in [-0.3, -0.25) is 4.79 Å². The molecule has 0 bridgehead atoms. The second-order valence-corrected chi connectivity index (χ2v) is 3.75.